The molecule has 0 aromatic rings. The topological polar surface area (TPSA) is 78.9 Å². The third-order valence-electron chi connectivity index (χ3n) is 3.40. The average molecular weight is 352 g/mol. The van der Waals surface area contributed by atoms with Crippen molar-refractivity contribution in [3.8, 4) is 0 Å². The highest BCUT2D eigenvalue weighted by molar-refractivity contribution is 5.89. The van der Waals surface area contributed by atoms with Gasteiger partial charge in [0, 0.05) is 22.1 Å². The van der Waals surface area contributed by atoms with Crippen LogP contribution in [0.5, 0.6) is 0 Å². The Bertz CT molecular complexity index is 578. The number of carbonyl (C=O) groups is 3. The maximum absolute atomic E-state index is 12.2. The summed E-state index contributed by atoms with van der Waals surface area (Å²) in [6.45, 7) is 21.5. The van der Waals surface area contributed by atoms with Gasteiger partial charge in [0.25, 0.3) is 5.79 Å². The summed E-state index contributed by atoms with van der Waals surface area (Å²) in [7, 11) is 0. The van der Waals surface area contributed by atoms with Gasteiger partial charge < -0.3 is 14.2 Å². The molecule has 0 aromatic heterocycles. The van der Waals surface area contributed by atoms with Gasteiger partial charge in [-0.1, -0.05) is 40.5 Å². The summed E-state index contributed by atoms with van der Waals surface area (Å²) >= 11 is 0. The molecule has 0 radical (unpaired) electrons. The lowest BCUT2D eigenvalue weighted by atomic mass is 9.81. The van der Waals surface area contributed by atoms with E-state index in [-0.39, 0.29) is 16.7 Å². The molecule has 140 valence electrons. The Kier molecular flexibility index (Phi) is 7.37. The Morgan fingerprint density at radius 1 is 0.760 bits per heavy atom. The minimum atomic E-state index is -1.88. The molecule has 6 nitrogen and oxygen atoms in total. The lowest BCUT2D eigenvalue weighted by Gasteiger charge is -2.45. The van der Waals surface area contributed by atoms with Crippen LogP contribution >= 0.6 is 0 Å². The van der Waals surface area contributed by atoms with Crippen molar-refractivity contribution < 1.29 is 28.6 Å². The van der Waals surface area contributed by atoms with E-state index in [9.17, 15) is 14.4 Å². The third kappa shape index (κ3) is 5.59. The Morgan fingerprint density at radius 3 is 1.32 bits per heavy atom. The number of rotatable bonds is 7. The van der Waals surface area contributed by atoms with Crippen LogP contribution in [0.1, 0.15) is 48.5 Å². The summed E-state index contributed by atoms with van der Waals surface area (Å²) in [6.07, 6.45) is -1.11. The van der Waals surface area contributed by atoms with Crippen molar-refractivity contribution in [1.82, 2.24) is 0 Å². The van der Waals surface area contributed by atoms with Crippen LogP contribution in [-0.4, -0.2) is 29.8 Å². The second kappa shape index (κ2) is 8.14. The van der Waals surface area contributed by atoms with Crippen molar-refractivity contribution in [2.24, 2.45) is 5.41 Å². The van der Waals surface area contributed by atoms with Crippen LogP contribution in [0.3, 0.4) is 0 Å². The van der Waals surface area contributed by atoms with Crippen molar-refractivity contribution in [2.75, 3.05) is 0 Å². The van der Waals surface area contributed by atoms with Gasteiger partial charge in [-0.3, -0.25) is 0 Å². The van der Waals surface area contributed by atoms with Gasteiger partial charge in [0.15, 0.2) is 6.10 Å². The monoisotopic (exact) mass is 352 g/mol. The lowest BCUT2D eigenvalue weighted by Crippen LogP contribution is -2.59. The normalized spacial score (nSPS) is 12.6. The zero-order chi connectivity index (χ0) is 20.2. The summed E-state index contributed by atoms with van der Waals surface area (Å²) < 4.78 is 16.3. The number of esters is 3. The van der Waals surface area contributed by atoms with E-state index in [1.54, 1.807) is 20.8 Å². The van der Waals surface area contributed by atoms with Gasteiger partial charge in [0.1, 0.15) is 0 Å². The highest BCUT2D eigenvalue weighted by atomic mass is 16.8. The van der Waals surface area contributed by atoms with Crippen molar-refractivity contribution in [1.29, 1.82) is 0 Å². The fourth-order valence-corrected chi connectivity index (χ4v) is 1.89. The highest BCUT2D eigenvalue weighted by Crippen LogP contribution is 2.40. The van der Waals surface area contributed by atoms with Crippen LogP contribution in [0.4, 0.5) is 0 Å². The Morgan fingerprint density at radius 2 is 1.08 bits per heavy atom. The van der Waals surface area contributed by atoms with Crippen LogP contribution < -0.4 is 0 Å². The molecule has 25 heavy (non-hydrogen) atoms. The standard InChI is InChI=1S/C19H28O6/c1-11(2)15(20)23-14(7)19(18(8,9)10,24-16(21)12(3)4)25-17(22)13(5)6/h14H,1,3,5H2,2,4,6-10H3. The molecule has 0 heterocycles. The average Bonchev–Trinajstić information content (AvgIpc) is 2.44. The van der Waals surface area contributed by atoms with Gasteiger partial charge in [0.2, 0.25) is 0 Å². The van der Waals surface area contributed by atoms with Crippen LogP contribution in [-0.2, 0) is 28.6 Å². The number of carbonyl (C=O) groups excluding carboxylic acids is 3. The molecule has 0 saturated carbocycles. The van der Waals surface area contributed by atoms with E-state index >= 15 is 0 Å². The highest BCUT2D eigenvalue weighted by Gasteiger charge is 2.56. The molecular formula is C19H28O6. The van der Waals surface area contributed by atoms with Crippen LogP contribution in [0.15, 0.2) is 36.5 Å². The lowest BCUT2D eigenvalue weighted by molar-refractivity contribution is -0.295. The van der Waals surface area contributed by atoms with E-state index in [4.69, 9.17) is 14.2 Å². The first-order valence-corrected chi connectivity index (χ1v) is 7.80. The van der Waals surface area contributed by atoms with Gasteiger partial charge in [0.05, 0.1) is 0 Å². The molecule has 1 atom stereocenters. The molecule has 0 aliphatic carbocycles. The first kappa shape index (κ1) is 22.6. The second-order valence-electron chi connectivity index (χ2n) is 7.09. The molecule has 0 amide bonds. The van der Waals surface area contributed by atoms with E-state index in [2.05, 4.69) is 19.7 Å². The zero-order valence-corrected chi connectivity index (χ0v) is 16.1. The molecule has 6 heteroatoms. The summed E-state index contributed by atoms with van der Waals surface area (Å²) in [6, 6.07) is 0. The third-order valence-corrected chi connectivity index (χ3v) is 3.40. The number of hydrogen-bond acceptors (Lipinski definition) is 6. The Balaban J connectivity index is 6.16. The predicted octanol–water partition coefficient (Wildman–Crippen LogP) is 3.48. The fourth-order valence-electron chi connectivity index (χ4n) is 1.89. The van der Waals surface area contributed by atoms with Gasteiger partial charge in [-0.05, 0) is 27.7 Å². The van der Waals surface area contributed by atoms with Crippen molar-refractivity contribution in [3.05, 3.63) is 36.5 Å². The minimum Gasteiger partial charge on any atom is -0.451 e. The molecule has 0 spiro atoms. The van der Waals surface area contributed by atoms with Gasteiger partial charge >= 0.3 is 17.9 Å². The van der Waals surface area contributed by atoms with Gasteiger partial charge in [-0.2, -0.15) is 0 Å². The second-order valence-corrected chi connectivity index (χ2v) is 7.09. The zero-order valence-electron chi connectivity index (χ0n) is 16.1. The molecule has 0 aliphatic heterocycles. The molecule has 0 saturated heterocycles. The summed E-state index contributed by atoms with van der Waals surface area (Å²) in [5, 5.41) is 0. The predicted molar refractivity (Wildman–Crippen MR) is 94.4 cm³/mol. The first-order valence-electron chi connectivity index (χ1n) is 7.80. The molecule has 0 bridgehead atoms. The molecule has 0 rings (SSSR count). The van der Waals surface area contributed by atoms with E-state index in [1.807, 2.05) is 0 Å². The number of hydrogen-bond donors (Lipinski definition) is 0. The summed E-state index contributed by atoms with van der Waals surface area (Å²) in [5.74, 6) is -4.13. The SMILES string of the molecule is C=C(C)C(=O)OC(C)C(OC(=O)C(=C)C)(OC(=O)C(=C)C)C(C)(C)C. The molecule has 1 unspecified atom stereocenters. The van der Waals surface area contributed by atoms with Crippen molar-refractivity contribution in [2.45, 2.75) is 60.4 Å². The summed E-state index contributed by atoms with van der Waals surface area (Å²) in [5.41, 5.74) is -0.554. The van der Waals surface area contributed by atoms with Crippen LogP contribution in [0.2, 0.25) is 0 Å². The molecule has 0 N–H and O–H groups in total. The minimum absolute atomic E-state index is 0.110. The molecule has 0 fully saturated rings. The van der Waals surface area contributed by atoms with E-state index < -0.39 is 35.2 Å². The fraction of sp³-hybridized carbons (Fsp3) is 0.526. The maximum Gasteiger partial charge on any atom is 0.336 e. The van der Waals surface area contributed by atoms with Crippen LogP contribution in [0.25, 0.3) is 0 Å². The van der Waals surface area contributed by atoms with E-state index in [1.165, 1.54) is 27.7 Å². The Labute approximate surface area is 149 Å². The van der Waals surface area contributed by atoms with E-state index in [0.717, 1.165) is 0 Å². The van der Waals surface area contributed by atoms with E-state index in [0.29, 0.717) is 0 Å². The summed E-state index contributed by atoms with van der Waals surface area (Å²) in [4.78, 5) is 36.3. The van der Waals surface area contributed by atoms with Crippen LogP contribution in [0, 0.1) is 5.41 Å². The molecule has 0 aliphatic rings. The molecule has 0 aromatic carbocycles. The largest absolute Gasteiger partial charge is 0.451 e. The van der Waals surface area contributed by atoms with Crippen molar-refractivity contribution >= 4 is 17.9 Å². The number of ether oxygens (including phenoxy) is 3. The van der Waals surface area contributed by atoms with Gasteiger partial charge in [-0.15, -0.1) is 0 Å². The maximum atomic E-state index is 12.2. The quantitative estimate of drug-likeness (QED) is 0.396. The smallest absolute Gasteiger partial charge is 0.336 e. The first-order chi connectivity index (χ1) is 11.2. The Hall–Kier alpha value is -2.37. The van der Waals surface area contributed by atoms with Crippen molar-refractivity contribution in [3.63, 3.8) is 0 Å². The molecular weight excluding hydrogens is 324 g/mol. The van der Waals surface area contributed by atoms with Gasteiger partial charge in [-0.25, -0.2) is 14.4 Å².